The van der Waals surface area contributed by atoms with Gasteiger partial charge in [0.15, 0.2) is 10.8 Å². The first-order valence-corrected chi connectivity index (χ1v) is 7.59. The molecule has 0 spiro atoms. The van der Waals surface area contributed by atoms with Gasteiger partial charge in [-0.2, -0.15) is 13.2 Å². The lowest BCUT2D eigenvalue weighted by Crippen LogP contribution is -2.16. The average molecular weight is 439 g/mol. The third-order valence-electron chi connectivity index (χ3n) is 2.61. The molecule has 0 saturated heterocycles. The summed E-state index contributed by atoms with van der Waals surface area (Å²) < 4.78 is 39.6. The summed E-state index contributed by atoms with van der Waals surface area (Å²) in [6.45, 7) is 0. The van der Waals surface area contributed by atoms with Crippen LogP contribution in [0.1, 0.15) is 5.01 Å². The van der Waals surface area contributed by atoms with Crippen molar-refractivity contribution >= 4 is 33.9 Å². The lowest BCUT2D eigenvalue weighted by molar-refractivity contribution is -0.138. The summed E-state index contributed by atoms with van der Waals surface area (Å²) in [4.78, 5) is 16.3. The molecule has 0 aliphatic heterocycles. The van der Waals surface area contributed by atoms with E-state index in [1.165, 1.54) is 12.4 Å². The van der Waals surface area contributed by atoms with Gasteiger partial charge in [-0.05, 0) is 34.7 Å². The molecule has 0 bridgehead atoms. The molecule has 0 unspecified atom stereocenters. The van der Waals surface area contributed by atoms with Gasteiger partial charge in [0.1, 0.15) is 0 Å². The molecule has 1 N–H and O–H groups in total. The maximum absolute atomic E-state index is 12.5. The molecular weight excluding hydrogens is 434 g/mol. The van der Waals surface area contributed by atoms with Crippen LogP contribution in [0.15, 0.2) is 29.3 Å². The van der Waals surface area contributed by atoms with Crippen LogP contribution >= 0.6 is 33.9 Å². The second-order valence-corrected chi connectivity index (χ2v) is 6.29. The first-order chi connectivity index (χ1) is 10.4. The molecule has 0 fully saturated rings. The summed E-state index contributed by atoms with van der Waals surface area (Å²) in [7, 11) is 0. The highest BCUT2D eigenvalue weighted by molar-refractivity contribution is 14.1. The first kappa shape index (κ1) is 15.1. The third-order valence-corrected chi connectivity index (χ3v) is 4.28. The van der Waals surface area contributed by atoms with Gasteiger partial charge in [-0.25, -0.2) is 9.67 Å². The van der Waals surface area contributed by atoms with Crippen LogP contribution in [0.2, 0.25) is 0 Å². The van der Waals surface area contributed by atoms with Gasteiger partial charge in [0.2, 0.25) is 5.01 Å². The van der Waals surface area contributed by atoms with Crippen molar-refractivity contribution in [1.29, 1.82) is 0 Å². The summed E-state index contributed by atoms with van der Waals surface area (Å²) in [6, 6.07) is 3.41. The minimum absolute atomic E-state index is 0.00802. The predicted molar refractivity (Wildman–Crippen MR) is 80.8 cm³/mol. The Hall–Kier alpha value is -1.76. The Morgan fingerprint density at radius 2 is 2.09 bits per heavy atom. The fourth-order valence-corrected chi connectivity index (χ4v) is 2.81. The number of hydrogen-bond acceptors (Lipinski definition) is 5. The van der Waals surface area contributed by atoms with E-state index in [9.17, 15) is 18.0 Å². The Bertz CT molecular complexity index is 884. The molecule has 0 aliphatic carbocycles. The number of pyridine rings is 1. The number of nitrogens with zero attached hydrogens (tertiary/aromatic N) is 4. The van der Waals surface area contributed by atoms with Crippen molar-refractivity contribution in [3.8, 4) is 16.4 Å². The number of rotatable bonds is 2. The number of aromatic amines is 1. The van der Waals surface area contributed by atoms with Gasteiger partial charge >= 0.3 is 6.18 Å². The minimum atomic E-state index is -4.58. The maximum atomic E-state index is 12.5. The Morgan fingerprint density at radius 1 is 1.32 bits per heavy atom. The number of H-pyrrole nitrogens is 1. The van der Waals surface area contributed by atoms with Crippen molar-refractivity contribution < 1.29 is 13.2 Å². The van der Waals surface area contributed by atoms with Crippen molar-refractivity contribution in [3.63, 3.8) is 0 Å². The first-order valence-electron chi connectivity index (χ1n) is 5.69. The molecule has 3 aromatic rings. The quantitative estimate of drug-likeness (QED) is 0.624. The monoisotopic (exact) mass is 439 g/mol. The summed E-state index contributed by atoms with van der Waals surface area (Å²) in [5, 5.41) is 7.96. The molecule has 6 nitrogen and oxygen atoms in total. The van der Waals surface area contributed by atoms with E-state index in [4.69, 9.17) is 0 Å². The van der Waals surface area contributed by atoms with Crippen LogP contribution < -0.4 is 5.56 Å². The van der Waals surface area contributed by atoms with Crippen LogP contribution in [-0.2, 0) is 6.18 Å². The van der Waals surface area contributed by atoms with Gasteiger partial charge in [0.05, 0.1) is 5.56 Å². The highest BCUT2D eigenvalue weighted by Gasteiger charge is 2.36. The molecule has 3 rings (SSSR count). The van der Waals surface area contributed by atoms with Gasteiger partial charge in [-0.3, -0.25) is 9.89 Å². The summed E-state index contributed by atoms with van der Waals surface area (Å²) in [5.41, 5.74) is -0.534. The van der Waals surface area contributed by atoms with Crippen LogP contribution in [0, 0.1) is 3.57 Å². The van der Waals surface area contributed by atoms with Crippen molar-refractivity contribution in [3.05, 3.63) is 43.5 Å². The van der Waals surface area contributed by atoms with E-state index in [-0.39, 0.29) is 10.6 Å². The van der Waals surface area contributed by atoms with E-state index in [2.05, 4.69) is 42.9 Å². The van der Waals surface area contributed by atoms with Crippen LogP contribution in [-0.4, -0.2) is 25.0 Å². The van der Waals surface area contributed by atoms with Crippen LogP contribution in [0.5, 0.6) is 0 Å². The van der Waals surface area contributed by atoms with Crippen LogP contribution in [0.3, 0.4) is 0 Å². The van der Waals surface area contributed by atoms with Crippen molar-refractivity contribution in [1.82, 2.24) is 25.0 Å². The Balaban J connectivity index is 2.04. The Morgan fingerprint density at radius 3 is 2.73 bits per heavy atom. The molecule has 22 heavy (non-hydrogen) atoms. The van der Waals surface area contributed by atoms with E-state index in [1.807, 2.05) is 0 Å². The number of halogens is 4. The molecule has 0 aromatic carbocycles. The smallest absolute Gasteiger partial charge is 0.296 e. The third kappa shape index (κ3) is 2.77. The fraction of sp³-hybridized carbons (Fsp3) is 0.0909. The SMILES string of the molecule is O=c1c(-c2nnc(C(F)(F)F)s2)c[nH]n1-c1cc(I)ccn1. The van der Waals surface area contributed by atoms with Gasteiger partial charge < -0.3 is 0 Å². The molecule has 0 amide bonds. The zero-order chi connectivity index (χ0) is 15.9. The van der Waals surface area contributed by atoms with Crippen molar-refractivity contribution in [2.24, 2.45) is 0 Å². The minimum Gasteiger partial charge on any atom is -0.296 e. The molecular formula is C11H5F3IN5OS. The lowest BCUT2D eigenvalue weighted by Gasteiger charge is -1.99. The molecule has 0 saturated carbocycles. The lowest BCUT2D eigenvalue weighted by atomic mass is 10.4. The van der Waals surface area contributed by atoms with Crippen LogP contribution in [0.4, 0.5) is 13.2 Å². The average Bonchev–Trinajstić information content (AvgIpc) is 3.04. The standard InChI is InChI=1S/C11H5F3IN5OS/c12-11(13,14)10-19-18-8(22-10)6-4-17-20(9(6)21)7-3-5(15)1-2-16-7/h1-4,17H. The number of alkyl halides is 3. The predicted octanol–water partition coefficient (Wildman–Crippen LogP) is 2.70. The molecule has 0 aliphatic rings. The topological polar surface area (TPSA) is 76.5 Å². The highest BCUT2D eigenvalue weighted by Crippen LogP contribution is 2.33. The Kier molecular flexibility index (Phi) is 3.76. The fourth-order valence-electron chi connectivity index (χ4n) is 1.66. The van der Waals surface area contributed by atoms with E-state index < -0.39 is 16.7 Å². The zero-order valence-electron chi connectivity index (χ0n) is 10.4. The number of hydrogen-bond donors (Lipinski definition) is 1. The van der Waals surface area contributed by atoms with E-state index in [1.54, 1.807) is 12.1 Å². The number of nitrogens with one attached hydrogen (secondary N) is 1. The normalized spacial score (nSPS) is 11.8. The highest BCUT2D eigenvalue weighted by atomic mass is 127. The largest absolute Gasteiger partial charge is 0.445 e. The van der Waals surface area contributed by atoms with Gasteiger partial charge in [-0.15, -0.1) is 10.2 Å². The van der Waals surface area contributed by atoms with Gasteiger partial charge in [-0.1, -0.05) is 11.3 Å². The summed E-state index contributed by atoms with van der Waals surface area (Å²) in [6.07, 6.45) is -1.77. The molecule has 114 valence electrons. The Labute approximate surface area is 138 Å². The van der Waals surface area contributed by atoms with E-state index in [0.717, 1.165) is 8.25 Å². The maximum Gasteiger partial charge on any atom is 0.445 e. The summed E-state index contributed by atoms with van der Waals surface area (Å²) in [5.74, 6) is 0.337. The van der Waals surface area contributed by atoms with Gasteiger partial charge in [0.25, 0.3) is 5.56 Å². The molecule has 0 radical (unpaired) electrons. The van der Waals surface area contributed by atoms with E-state index in [0.29, 0.717) is 17.2 Å². The second-order valence-electron chi connectivity index (χ2n) is 4.07. The van der Waals surface area contributed by atoms with Gasteiger partial charge in [0, 0.05) is 16.0 Å². The van der Waals surface area contributed by atoms with Crippen molar-refractivity contribution in [2.75, 3.05) is 0 Å². The summed E-state index contributed by atoms with van der Waals surface area (Å²) >= 11 is 2.38. The van der Waals surface area contributed by atoms with E-state index >= 15 is 0 Å². The molecule has 3 heterocycles. The molecule has 11 heteroatoms. The second kappa shape index (κ2) is 5.46. The van der Waals surface area contributed by atoms with Crippen molar-refractivity contribution in [2.45, 2.75) is 6.18 Å². The zero-order valence-corrected chi connectivity index (χ0v) is 13.4. The molecule has 0 atom stereocenters. The van der Waals surface area contributed by atoms with Crippen LogP contribution in [0.25, 0.3) is 16.4 Å². The molecule has 3 aromatic heterocycles. The number of aromatic nitrogens is 5.